The summed E-state index contributed by atoms with van der Waals surface area (Å²) in [5.74, 6) is -0.525. The summed E-state index contributed by atoms with van der Waals surface area (Å²) in [4.78, 5) is -0.0203. The third-order valence-corrected chi connectivity index (χ3v) is 5.41. The molecular weight excluding hydrogens is 295 g/mol. The van der Waals surface area contributed by atoms with Crippen LogP contribution >= 0.6 is 0 Å². The summed E-state index contributed by atoms with van der Waals surface area (Å²) in [6.07, 6.45) is 1.82. The molecule has 1 aromatic rings. The quantitative estimate of drug-likeness (QED) is 0.827. The second kappa shape index (κ2) is 6.39. The number of ether oxygens (including phenoxy) is 1. The maximum absolute atomic E-state index is 13.5. The Labute approximate surface area is 124 Å². The fraction of sp³-hybridized carbons (Fsp3) is 0.571. The predicted octanol–water partition coefficient (Wildman–Crippen LogP) is 1.18. The Kier molecular flexibility index (Phi) is 4.98. The summed E-state index contributed by atoms with van der Waals surface area (Å²) in [6.45, 7) is 2.95. The number of hydrogen-bond donors (Lipinski definition) is 2. The maximum Gasteiger partial charge on any atom is 0.240 e. The van der Waals surface area contributed by atoms with Gasteiger partial charge in [-0.15, -0.1) is 0 Å². The lowest BCUT2D eigenvalue weighted by molar-refractivity contribution is 0.122. The first-order valence-corrected chi connectivity index (χ1v) is 8.37. The lowest BCUT2D eigenvalue weighted by atomic mass is 9.99. The lowest BCUT2D eigenvalue weighted by Gasteiger charge is -2.29. The number of nitrogens with one attached hydrogen (secondary N) is 2. The van der Waals surface area contributed by atoms with Crippen molar-refractivity contribution in [2.24, 2.45) is 0 Å². The molecule has 1 aromatic carbocycles. The van der Waals surface area contributed by atoms with Gasteiger partial charge in [-0.25, -0.2) is 17.5 Å². The summed E-state index contributed by atoms with van der Waals surface area (Å²) < 4.78 is 46.0. The minimum absolute atomic E-state index is 0.0203. The summed E-state index contributed by atoms with van der Waals surface area (Å²) in [5, 5.41) is 3.30. The number of rotatable bonds is 6. The summed E-state index contributed by atoms with van der Waals surface area (Å²) >= 11 is 0. The molecule has 0 radical (unpaired) electrons. The van der Waals surface area contributed by atoms with E-state index in [-0.39, 0.29) is 22.5 Å². The van der Waals surface area contributed by atoms with E-state index < -0.39 is 15.8 Å². The monoisotopic (exact) mass is 316 g/mol. The van der Waals surface area contributed by atoms with Gasteiger partial charge in [0.2, 0.25) is 10.0 Å². The molecule has 0 spiro atoms. The van der Waals surface area contributed by atoms with Gasteiger partial charge in [0.1, 0.15) is 5.82 Å². The minimum Gasteiger partial charge on any atom is -0.383 e. The molecule has 0 amide bonds. The van der Waals surface area contributed by atoms with Gasteiger partial charge in [0.15, 0.2) is 0 Å². The molecule has 1 aliphatic heterocycles. The summed E-state index contributed by atoms with van der Waals surface area (Å²) in [7, 11) is -2.15. The van der Waals surface area contributed by atoms with Crippen LogP contribution in [0.5, 0.6) is 0 Å². The van der Waals surface area contributed by atoms with Crippen LogP contribution in [-0.2, 0) is 14.8 Å². The molecule has 1 saturated heterocycles. The molecule has 1 atom stereocenters. The summed E-state index contributed by atoms with van der Waals surface area (Å²) in [6, 6.07) is 4.06. The van der Waals surface area contributed by atoms with Crippen LogP contribution in [0.25, 0.3) is 0 Å². The molecule has 21 heavy (non-hydrogen) atoms. The first-order valence-electron chi connectivity index (χ1n) is 6.89. The van der Waals surface area contributed by atoms with Gasteiger partial charge < -0.3 is 10.1 Å². The van der Waals surface area contributed by atoms with Crippen molar-refractivity contribution in [1.82, 2.24) is 10.0 Å². The Balaban J connectivity index is 2.16. The second-order valence-corrected chi connectivity index (χ2v) is 7.17. The van der Waals surface area contributed by atoms with Crippen molar-refractivity contribution in [2.45, 2.75) is 30.2 Å². The van der Waals surface area contributed by atoms with Crippen molar-refractivity contribution in [2.75, 3.05) is 26.8 Å². The highest BCUT2D eigenvalue weighted by molar-refractivity contribution is 7.89. The third-order valence-electron chi connectivity index (χ3n) is 3.86. The molecule has 1 heterocycles. The standard InChI is InChI=1S/C14H21FN2O3S/c1-11-12(15)5-3-6-13(11)21(18,19)17-9-14(10-20-2)7-4-8-16-14/h3,5-6,16-17H,4,7-10H2,1-2H3. The number of hydrogen-bond acceptors (Lipinski definition) is 4. The van der Waals surface area contributed by atoms with Gasteiger partial charge in [0, 0.05) is 19.2 Å². The van der Waals surface area contributed by atoms with Crippen LogP contribution in [0.15, 0.2) is 23.1 Å². The van der Waals surface area contributed by atoms with Crippen molar-refractivity contribution in [3.05, 3.63) is 29.6 Å². The molecule has 0 bridgehead atoms. The van der Waals surface area contributed by atoms with Gasteiger partial charge in [0.05, 0.1) is 17.0 Å². The van der Waals surface area contributed by atoms with Crippen LogP contribution in [-0.4, -0.2) is 40.8 Å². The van der Waals surface area contributed by atoms with Crippen molar-refractivity contribution in [3.8, 4) is 0 Å². The van der Waals surface area contributed by atoms with E-state index >= 15 is 0 Å². The molecule has 1 unspecified atom stereocenters. The molecule has 0 saturated carbocycles. The van der Waals surface area contributed by atoms with E-state index in [0.29, 0.717) is 6.61 Å². The largest absolute Gasteiger partial charge is 0.383 e. The number of benzene rings is 1. The molecule has 1 fully saturated rings. The van der Waals surface area contributed by atoms with E-state index in [9.17, 15) is 12.8 Å². The van der Waals surface area contributed by atoms with Crippen LogP contribution in [0.4, 0.5) is 4.39 Å². The average Bonchev–Trinajstić information content (AvgIpc) is 2.89. The fourth-order valence-corrected chi connectivity index (χ4v) is 4.04. The molecular formula is C14H21FN2O3S. The SMILES string of the molecule is COCC1(CNS(=O)(=O)c2cccc(F)c2C)CCCN1. The Hall–Kier alpha value is -1.02. The van der Waals surface area contributed by atoms with Crippen molar-refractivity contribution < 1.29 is 17.5 Å². The van der Waals surface area contributed by atoms with Crippen molar-refractivity contribution >= 4 is 10.0 Å². The van der Waals surface area contributed by atoms with Gasteiger partial charge in [-0.3, -0.25) is 0 Å². The van der Waals surface area contributed by atoms with Gasteiger partial charge >= 0.3 is 0 Å². The van der Waals surface area contributed by atoms with Gasteiger partial charge in [-0.1, -0.05) is 6.07 Å². The molecule has 7 heteroatoms. The van der Waals surface area contributed by atoms with Crippen LogP contribution in [0.3, 0.4) is 0 Å². The van der Waals surface area contributed by atoms with Gasteiger partial charge in [-0.2, -0.15) is 0 Å². The number of methoxy groups -OCH3 is 1. The first-order chi connectivity index (χ1) is 9.90. The van der Waals surface area contributed by atoms with Gasteiger partial charge in [0.25, 0.3) is 0 Å². The second-order valence-electron chi connectivity index (χ2n) is 5.43. The Morgan fingerprint density at radius 2 is 2.24 bits per heavy atom. The van der Waals surface area contributed by atoms with Crippen LogP contribution < -0.4 is 10.0 Å². The minimum atomic E-state index is -3.74. The van der Waals surface area contributed by atoms with E-state index in [1.165, 1.54) is 25.1 Å². The van der Waals surface area contributed by atoms with Crippen molar-refractivity contribution in [3.63, 3.8) is 0 Å². The van der Waals surface area contributed by atoms with E-state index in [4.69, 9.17) is 4.74 Å². The molecule has 5 nitrogen and oxygen atoms in total. The van der Waals surface area contributed by atoms with E-state index in [2.05, 4.69) is 10.0 Å². The van der Waals surface area contributed by atoms with E-state index in [1.807, 2.05) is 0 Å². The van der Waals surface area contributed by atoms with E-state index in [0.717, 1.165) is 19.4 Å². The highest BCUT2D eigenvalue weighted by Gasteiger charge is 2.35. The average molecular weight is 316 g/mol. The zero-order chi connectivity index (χ0) is 15.5. The van der Waals surface area contributed by atoms with E-state index in [1.54, 1.807) is 7.11 Å². The smallest absolute Gasteiger partial charge is 0.240 e. The maximum atomic E-state index is 13.5. The summed E-state index contributed by atoms with van der Waals surface area (Å²) in [5.41, 5.74) is -0.256. The fourth-order valence-electron chi connectivity index (χ4n) is 2.66. The number of sulfonamides is 1. The highest BCUT2D eigenvalue weighted by Crippen LogP contribution is 2.21. The number of halogens is 1. The zero-order valence-corrected chi connectivity index (χ0v) is 13.1. The first kappa shape index (κ1) is 16.4. The Bertz CT molecular complexity index is 598. The highest BCUT2D eigenvalue weighted by atomic mass is 32.2. The third kappa shape index (κ3) is 3.60. The Morgan fingerprint density at radius 3 is 2.86 bits per heavy atom. The topological polar surface area (TPSA) is 67.4 Å². The molecule has 0 aliphatic carbocycles. The van der Waals surface area contributed by atoms with Gasteiger partial charge in [-0.05, 0) is 38.4 Å². The zero-order valence-electron chi connectivity index (χ0n) is 12.3. The molecule has 2 N–H and O–H groups in total. The molecule has 0 aromatic heterocycles. The van der Waals surface area contributed by atoms with Crippen LogP contribution in [0.1, 0.15) is 18.4 Å². The lowest BCUT2D eigenvalue weighted by Crippen LogP contribution is -2.52. The van der Waals surface area contributed by atoms with Crippen molar-refractivity contribution in [1.29, 1.82) is 0 Å². The normalized spacial score (nSPS) is 22.6. The molecule has 118 valence electrons. The molecule has 1 aliphatic rings. The predicted molar refractivity (Wildman–Crippen MR) is 78.2 cm³/mol. The Morgan fingerprint density at radius 1 is 1.48 bits per heavy atom. The van der Waals surface area contributed by atoms with Crippen LogP contribution in [0, 0.1) is 12.7 Å². The molecule has 2 rings (SSSR count). The van der Waals surface area contributed by atoms with Crippen LogP contribution in [0.2, 0.25) is 0 Å².